The van der Waals surface area contributed by atoms with E-state index in [2.05, 4.69) is 5.32 Å². The lowest BCUT2D eigenvalue weighted by Crippen LogP contribution is -2.44. The number of nitrogens with one attached hydrogen (secondary N) is 1. The molecule has 0 bridgehead atoms. The van der Waals surface area contributed by atoms with Crippen LogP contribution < -0.4 is 15.0 Å². The Labute approximate surface area is 248 Å². The molecule has 42 heavy (non-hydrogen) atoms. The zero-order valence-corrected chi connectivity index (χ0v) is 25.1. The van der Waals surface area contributed by atoms with Gasteiger partial charge in [0, 0.05) is 19.2 Å². The number of likely N-dealkylation sites (tertiary alicyclic amines) is 1. The molecule has 0 spiro atoms. The summed E-state index contributed by atoms with van der Waals surface area (Å²) in [5.74, 6) is 0.478. The maximum absolute atomic E-state index is 13.6. The minimum atomic E-state index is -0.610. The number of rotatable bonds is 8. The molecule has 1 atom stereocenters. The van der Waals surface area contributed by atoms with Gasteiger partial charge in [0.2, 0.25) is 5.91 Å². The molecule has 8 heteroatoms. The molecule has 3 aromatic rings. The smallest absolute Gasteiger partial charge is 0.407 e. The summed E-state index contributed by atoms with van der Waals surface area (Å²) < 4.78 is 11.5. The molecule has 0 saturated carbocycles. The van der Waals surface area contributed by atoms with Crippen LogP contribution in [0, 0.1) is 0 Å². The molecule has 0 radical (unpaired) electrons. The normalized spacial score (nSPS) is 14.5. The quantitative estimate of drug-likeness (QED) is 0.305. The minimum absolute atomic E-state index is 0.188. The van der Waals surface area contributed by atoms with E-state index in [0.29, 0.717) is 36.7 Å². The lowest BCUT2D eigenvalue weighted by molar-refractivity contribution is -0.130. The van der Waals surface area contributed by atoms with E-state index in [1.165, 1.54) is 11.0 Å². The molecule has 8 nitrogen and oxygen atoms in total. The first-order valence-corrected chi connectivity index (χ1v) is 14.3. The fourth-order valence-corrected chi connectivity index (χ4v) is 4.30. The Morgan fingerprint density at radius 2 is 1.55 bits per heavy atom. The highest BCUT2D eigenvalue weighted by Crippen LogP contribution is 2.32. The third kappa shape index (κ3) is 9.80. The lowest BCUT2D eigenvalue weighted by Gasteiger charge is -2.26. The van der Waals surface area contributed by atoms with Crippen LogP contribution in [0.1, 0.15) is 46.6 Å². The molecule has 1 aliphatic rings. The van der Waals surface area contributed by atoms with E-state index in [9.17, 15) is 14.4 Å². The fraction of sp³-hybridized carbons (Fsp3) is 0.324. The van der Waals surface area contributed by atoms with Gasteiger partial charge in [-0.25, -0.2) is 4.79 Å². The van der Waals surface area contributed by atoms with Gasteiger partial charge in [0.1, 0.15) is 17.9 Å². The SMILES string of the molecule is CC.CC(C)(C)OC(=O)NC1CCN(C(=O)CN(C(=O)/C=C/c2ccccc2)c2ccccc2Oc2ccccc2)C1. The van der Waals surface area contributed by atoms with Crippen molar-refractivity contribution in [2.45, 2.75) is 52.7 Å². The van der Waals surface area contributed by atoms with Crippen LogP contribution in [0.15, 0.2) is 91.0 Å². The maximum atomic E-state index is 13.6. The van der Waals surface area contributed by atoms with Crippen LogP contribution in [-0.2, 0) is 14.3 Å². The Kier molecular flexibility index (Phi) is 11.7. The number of alkyl carbamates (subject to hydrolysis) is 1. The number of para-hydroxylation sites is 3. The van der Waals surface area contributed by atoms with Gasteiger partial charge in [-0.2, -0.15) is 0 Å². The predicted molar refractivity (Wildman–Crippen MR) is 166 cm³/mol. The van der Waals surface area contributed by atoms with Crippen molar-refractivity contribution in [2.24, 2.45) is 0 Å². The van der Waals surface area contributed by atoms with E-state index < -0.39 is 11.7 Å². The van der Waals surface area contributed by atoms with Crippen LogP contribution in [0.2, 0.25) is 0 Å². The van der Waals surface area contributed by atoms with Crippen molar-refractivity contribution >= 4 is 29.7 Å². The number of anilines is 1. The van der Waals surface area contributed by atoms with Crippen molar-refractivity contribution in [3.05, 3.63) is 96.6 Å². The molecular formula is C34H41N3O5. The van der Waals surface area contributed by atoms with E-state index in [1.807, 2.05) is 80.6 Å². The van der Waals surface area contributed by atoms with Gasteiger partial charge in [-0.15, -0.1) is 0 Å². The number of ether oxygens (including phenoxy) is 2. The molecule has 3 aromatic carbocycles. The van der Waals surface area contributed by atoms with Crippen molar-refractivity contribution in [2.75, 3.05) is 24.5 Å². The summed E-state index contributed by atoms with van der Waals surface area (Å²) in [7, 11) is 0. The topological polar surface area (TPSA) is 88.2 Å². The maximum Gasteiger partial charge on any atom is 0.407 e. The predicted octanol–water partition coefficient (Wildman–Crippen LogP) is 6.68. The van der Waals surface area contributed by atoms with Crippen molar-refractivity contribution in [3.8, 4) is 11.5 Å². The fourth-order valence-electron chi connectivity index (χ4n) is 4.30. The standard InChI is InChI=1S/C32H35N3O5.C2H6/c1-32(2,3)40-31(38)33-25-20-21-34(22-25)30(37)23-35(29(36)19-18-24-12-6-4-7-13-24)27-16-10-11-17-28(27)39-26-14-8-5-9-15-26;1-2/h4-19,25H,20-23H2,1-3H3,(H,33,38);1-2H3/b19-18+;. The number of amides is 3. The largest absolute Gasteiger partial charge is 0.455 e. The zero-order chi connectivity index (χ0) is 30.5. The molecule has 1 unspecified atom stereocenters. The van der Waals surface area contributed by atoms with Crippen LogP contribution in [0.25, 0.3) is 6.08 Å². The van der Waals surface area contributed by atoms with E-state index in [-0.39, 0.29) is 24.4 Å². The minimum Gasteiger partial charge on any atom is -0.455 e. The second-order valence-electron chi connectivity index (χ2n) is 10.5. The molecule has 3 amide bonds. The van der Waals surface area contributed by atoms with Crippen molar-refractivity contribution in [1.29, 1.82) is 0 Å². The first kappa shape index (κ1) is 31.9. The van der Waals surface area contributed by atoms with Gasteiger partial charge in [-0.3, -0.25) is 14.5 Å². The first-order chi connectivity index (χ1) is 20.2. The highest BCUT2D eigenvalue weighted by atomic mass is 16.6. The van der Waals surface area contributed by atoms with Gasteiger partial charge in [-0.1, -0.05) is 74.5 Å². The molecule has 0 aliphatic carbocycles. The van der Waals surface area contributed by atoms with E-state index in [0.717, 1.165) is 5.56 Å². The number of carbonyl (C=O) groups excluding carboxylic acids is 3. The summed E-state index contributed by atoms with van der Waals surface area (Å²) in [5, 5.41) is 2.84. The zero-order valence-electron chi connectivity index (χ0n) is 25.1. The number of nitrogens with zero attached hydrogens (tertiary/aromatic N) is 2. The summed E-state index contributed by atoms with van der Waals surface area (Å²) in [6.45, 7) is 10.0. The Morgan fingerprint density at radius 3 is 2.21 bits per heavy atom. The Hall–Kier alpha value is -4.59. The summed E-state index contributed by atoms with van der Waals surface area (Å²) in [6, 6.07) is 25.7. The average Bonchev–Trinajstić information content (AvgIpc) is 3.44. The highest BCUT2D eigenvalue weighted by molar-refractivity contribution is 6.07. The molecular weight excluding hydrogens is 530 g/mol. The van der Waals surface area contributed by atoms with Gasteiger partial charge in [0.15, 0.2) is 5.75 Å². The van der Waals surface area contributed by atoms with Crippen LogP contribution in [0.5, 0.6) is 11.5 Å². The second kappa shape index (κ2) is 15.4. The van der Waals surface area contributed by atoms with Gasteiger partial charge in [-0.05, 0) is 63.1 Å². The number of hydrogen-bond donors (Lipinski definition) is 1. The van der Waals surface area contributed by atoms with Crippen LogP contribution in [0.4, 0.5) is 10.5 Å². The molecule has 1 aliphatic heterocycles. The Balaban J connectivity index is 0.00000237. The molecule has 222 valence electrons. The monoisotopic (exact) mass is 571 g/mol. The second-order valence-corrected chi connectivity index (χ2v) is 10.5. The third-order valence-electron chi connectivity index (χ3n) is 6.17. The van der Waals surface area contributed by atoms with Crippen LogP contribution in [-0.4, -0.2) is 54.1 Å². The highest BCUT2D eigenvalue weighted by Gasteiger charge is 2.31. The van der Waals surface area contributed by atoms with Crippen molar-refractivity contribution < 1.29 is 23.9 Å². The summed E-state index contributed by atoms with van der Waals surface area (Å²) in [4.78, 5) is 42.3. The summed E-state index contributed by atoms with van der Waals surface area (Å²) >= 11 is 0. The molecule has 4 rings (SSSR count). The lowest BCUT2D eigenvalue weighted by atomic mass is 10.2. The molecule has 1 fully saturated rings. The molecule has 1 heterocycles. The number of hydrogen-bond acceptors (Lipinski definition) is 5. The van der Waals surface area contributed by atoms with Gasteiger partial charge >= 0.3 is 6.09 Å². The summed E-state index contributed by atoms with van der Waals surface area (Å²) in [5.41, 5.74) is 0.734. The average molecular weight is 572 g/mol. The Bertz CT molecular complexity index is 1340. The third-order valence-corrected chi connectivity index (χ3v) is 6.17. The van der Waals surface area contributed by atoms with Crippen molar-refractivity contribution in [1.82, 2.24) is 10.2 Å². The van der Waals surface area contributed by atoms with Crippen LogP contribution >= 0.6 is 0 Å². The van der Waals surface area contributed by atoms with E-state index >= 15 is 0 Å². The summed E-state index contributed by atoms with van der Waals surface area (Å²) in [6.07, 6.45) is 3.26. The Morgan fingerprint density at radius 1 is 0.929 bits per heavy atom. The van der Waals surface area contributed by atoms with Gasteiger partial charge in [0.25, 0.3) is 5.91 Å². The molecule has 1 N–H and O–H groups in total. The van der Waals surface area contributed by atoms with E-state index in [1.54, 1.807) is 49.9 Å². The first-order valence-electron chi connectivity index (χ1n) is 14.3. The molecule has 0 aromatic heterocycles. The van der Waals surface area contributed by atoms with E-state index in [4.69, 9.17) is 9.47 Å². The van der Waals surface area contributed by atoms with Gasteiger partial charge in [0.05, 0.1) is 11.7 Å². The van der Waals surface area contributed by atoms with Crippen molar-refractivity contribution in [3.63, 3.8) is 0 Å². The van der Waals surface area contributed by atoms with Crippen LogP contribution in [0.3, 0.4) is 0 Å². The number of benzene rings is 3. The number of carbonyl (C=O) groups is 3. The molecule has 1 saturated heterocycles. The van der Waals surface area contributed by atoms with Gasteiger partial charge < -0.3 is 19.7 Å².